The number of hydrogen-bond acceptors (Lipinski definition) is 3. The highest BCUT2D eigenvalue weighted by Crippen LogP contribution is 2.36. The Morgan fingerprint density at radius 3 is 2.00 bits per heavy atom. The molecule has 0 aliphatic carbocycles. The Morgan fingerprint density at radius 2 is 1.56 bits per heavy atom. The van der Waals surface area contributed by atoms with Crippen molar-refractivity contribution in [3.8, 4) is 0 Å². The number of ether oxygens (including phenoxy) is 1. The first kappa shape index (κ1) is 20.0. The third kappa shape index (κ3) is 4.40. The van der Waals surface area contributed by atoms with Gasteiger partial charge in [-0.25, -0.2) is 0 Å². The summed E-state index contributed by atoms with van der Waals surface area (Å²) >= 11 is 0. The van der Waals surface area contributed by atoms with Gasteiger partial charge in [0.15, 0.2) is 5.78 Å². The van der Waals surface area contributed by atoms with Gasteiger partial charge in [-0.15, -0.1) is 0 Å². The van der Waals surface area contributed by atoms with Gasteiger partial charge in [0.2, 0.25) is 0 Å². The smallest absolute Gasteiger partial charge is 0.261 e. The third-order valence-electron chi connectivity index (χ3n) is 5.34. The number of carbonyl (C=O) groups excluding carboxylic acids is 1. The molecule has 0 unspecified atom stereocenters. The van der Waals surface area contributed by atoms with Gasteiger partial charge in [-0.3, -0.25) is 4.79 Å². The van der Waals surface area contributed by atoms with E-state index in [0.29, 0.717) is 13.0 Å². The van der Waals surface area contributed by atoms with Gasteiger partial charge < -0.3 is 9.16 Å². The molecule has 0 spiro atoms. The molecule has 0 aromatic heterocycles. The molecule has 1 aliphatic heterocycles. The Hall–Kier alpha value is -1.75. The topological polar surface area (TPSA) is 35.5 Å². The summed E-state index contributed by atoms with van der Waals surface area (Å²) < 4.78 is 12.4. The van der Waals surface area contributed by atoms with Gasteiger partial charge >= 0.3 is 0 Å². The molecule has 1 atom stereocenters. The highest BCUT2D eigenvalue weighted by molar-refractivity contribution is 6.99. The summed E-state index contributed by atoms with van der Waals surface area (Å²) in [5, 5.41) is 2.60. The Balaban J connectivity index is 1.84. The van der Waals surface area contributed by atoms with Crippen LogP contribution in [0.3, 0.4) is 0 Å². The van der Waals surface area contributed by atoms with Crippen molar-refractivity contribution in [2.24, 2.45) is 0 Å². The molecular weight excluding hydrogens is 352 g/mol. The molecule has 144 valence electrons. The molecule has 0 amide bonds. The van der Waals surface area contributed by atoms with Crippen molar-refractivity contribution in [3.63, 3.8) is 0 Å². The van der Waals surface area contributed by atoms with Gasteiger partial charge in [0.05, 0.1) is 6.10 Å². The summed E-state index contributed by atoms with van der Waals surface area (Å²) in [7, 11) is -2.45. The summed E-state index contributed by atoms with van der Waals surface area (Å²) in [6, 6.07) is 21.4. The van der Waals surface area contributed by atoms with Crippen LogP contribution in [-0.2, 0) is 14.0 Å². The van der Waals surface area contributed by atoms with Crippen molar-refractivity contribution in [2.45, 2.75) is 51.2 Å². The lowest BCUT2D eigenvalue weighted by Crippen LogP contribution is -2.66. The molecule has 1 fully saturated rings. The quantitative estimate of drug-likeness (QED) is 0.541. The van der Waals surface area contributed by atoms with Gasteiger partial charge in [-0.2, -0.15) is 0 Å². The lowest BCUT2D eigenvalue weighted by molar-refractivity contribution is -0.117. The number of ketones is 1. The number of rotatable bonds is 7. The lowest BCUT2D eigenvalue weighted by Gasteiger charge is -2.43. The van der Waals surface area contributed by atoms with Crippen LogP contribution >= 0.6 is 0 Å². The molecule has 0 N–H and O–H groups in total. The molecule has 27 heavy (non-hydrogen) atoms. The molecule has 3 rings (SSSR count). The van der Waals surface area contributed by atoms with Crippen LogP contribution in [0.4, 0.5) is 0 Å². The molecule has 0 radical (unpaired) electrons. The fourth-order valence-corrected chi connectivity index (χ4v) is 8.67. The second-order valence-electron chi connectivity index (χ2n) is 8.33. The van der Waals surface area contributed by atoms with E-state index in [1.807, 2.05) is 0 Å². The standard InChI is InChI=1S/C23H30O3Si/c1-23(2,3)27(21-12-6-4-7-13-21,22-14-8-5-9-15-22)26-16-10-11-20-17-19(24)18-25-20/h4-9,12-15,20H,10-11,16-18H2,1-3H3/t20-/m0/s1. The van der Waals surface area contributed by atoms with E-state index in [1.165, 1.54) is 10.4 Å². The Morgan fingerprint density at radius 1 is 1.00 bits per heavy atom. The molecule has 1 saturated heterocycles. The van der Waals surface area contributed by atoms with E-state index in [2.05, 4.69) is 81.4 Å². The van der Waals surface area contributed by atoms with Crippen LogP contribution < -0.4 is 10.4 Å². The van der Waals surface area contributed by atoms with Crippen LogP contribution in [0.5, 0.6) is 0 Å². The van der Waals surface area contributed by atoms with Gasteiger partial charge in [-0.05, 0) is 28.3 Å². The van der Waals surface area contributed by atoms with E-state index in [4.69, 9.17) is 9.16 Å². The minimum absolute atomic E-state index is 0.00443. The maximum atomic E-state index is 11.4. The average molecular weight is 383 g/mol. The number of benzene rings is 2. The minimum atomic E-state index is -2.45. The van der Waals surface area contributed by atoms with E-state index < -0.39 is 8.32 Å². The molecule has 2 aromatic rings. The molecule has 1 heterocycles. The molecule has 4 heteroatoms. The molecule has 0 bridgehead atoms. The highest BCUT2D eigenvalue weighted by Gasteiger charge is 2.49. The summed E-state index contributed by atoms with van der Waals surface area (Å²) in [6.45, 7) is 7.83. The van der Waals surface area contributed by atoms with Crippen LogP contribution in [0.25, 0.3) is 0 Å². The van der Waals surface area contributed by atoms with Crippen LogP contribution in [0.15, 0.2) is 60.7 Å². The highest BCUT2D eigenvalue weighted by atomic mass is 28.4. The fourth-order valence-electron chi connectivity index (χ4n) is 4.07. The maximum Gasteiger partial charge on any atom is 0.261 e. The van der Waals surface area contributed by atoms with Crippen LogP contribution in [0.1, 0.15) is 40.0 Å². The third-order valence-corrected chi connectivity index (χ3v) is 10.4. The summed E-state index contributed by atoms with van der Waals surface area (Å²) in [6.07, 6.45) is 2.41. The van der Waals surface area contributed by atoms with Gasteiger partial charge in [0, 0.05) is 13.0 Å². The van der Waals surface area contributed by atoms with E-state index >= 15 is 0 Å². The van der Waals surface area contributed by atoms with Crippen molar-refractivity contribution in [2.75, 3.05) is 13.2 Å². The summed E-state index contributed by atoms with van der Waals surface area (Å²) in [5.74, 6) is 0.216. The Kier molecular flexibility index (Phi) is 6.30. The van der Waals surface area contributed by atoms with Gasteiger partial charge in [0.1, 0.15) is 6.61 Å². The van der Waals surface area contributed by atoms with E-state index in [9.17, 15) is 4.79 Å². The fraction of sp³-hybridized carbons (Fsp3) is 0.435. The molecular formula is C23H30O3Si. The number of carbonyl (C=O) groups is 1. The zero-order chi connectivity index (χ0) is 19.3. The van der Waals surface area contributed by atoms with Crippen LogP contribution in [0, 0.1) is 0 Å². The predicted molar refractivity (Wildman–Crippen MR) is 112 cm³/mol. The van der Waals surface area contributed by atoms with Crippen LogP contribution in [-0.4, -0.2) is 33.4 Å². The Bertz CT molecular complexity index is 698. The molecule has 2 aromatic carbocycles. The SMILES string of the molecule is CC(C)(C)[Si](OCCC[C@H]1CC(=O)CO1)(c1ccccc1)c1ccccc1. The first-order valence-electron chi connectivity index (χ1n) is 9.82. The largest absolute Gasteiger partial charge is 0.407 e. The number of Topliss-reactive ketones (excluding diaryl/α,β-unsaturated/α-hetero) is 1. The lowest BCUT2D eigenvalue weighted by atomic mass is 10.1. The maximum absolute atomic E-state index is 11.4. The zero-order valence-corrected chi connectivity index (χ0v) is 17.6. The first-order valence-corrected chi connectivity index (χ1v) is 11.7. The summed E-state index contributed by atoms with van der Waals surface area (Å²) in [5.41, 5.74) is 0. The van der Waals surface area contributed by atoms with E-state index in [0.717, 1.165) is 12.8 Å². The van der Waals surface area contributed by atoms with Crippen LogP contribution in [0.2, 0.25) is 5.04 Å². The predicted octanol–water partition coefficient (Wildman–Crippen LogP) is 3.70. The van der Waals surface area contributed by atoms with Crippen molar-refractivity contribution in [1.29, 1.82) is 0 Å². The van der Waals surface area contributed by atoms with E-state index in [1.54, 1.807) is 0 Å². The average Bonchev–Trinajstić information content (AvgIpc) is 3.07. The minimum Gasteiger partial charge on any atom is -0.407 e. The van der Waals surface area contributed by atoms with Crippen molar-refractivity contribution in [1.82, 2.24) is 0 Å². The van der Waals surface area contributed by atoms with Crippen molar-refractivity contribution < 1.29 is 14.0 Å². The monoisotopic (exact) mass is 382 g/mol. The molecule has 0 saturated carbocycles. The molecule has 3 nitrogen and oxygen atoms in total. The second kappa shape index (κ2) is 8.51. The normalized spacial score (nSPS) is 18.0. The Labute approximate surface area is 163 Å². The summed E-state index contributed by atoms with van der Waals surface area (Å²) in [4.78, 5) is 11.4. The van der Waals surface area contributed by atoms with Crippen molar-refractivity contribution >= 4 is 24.5 Å². The van der Waals surface area contributed by atoms with E-state index in [-0.39, 0.29) is 23.5 Å². The van der Waals surface area contributed by atoms with Gasteiger partial charge in [0.25, 0.3) is 8.32 Å². The van der Waals surface area contributed by atoms with Gasteiger partial charge in [-0.1, -0.05) is 81.4 Å². The number of hydrogen-bond donors (Lipinski definition) is 0. The van der Waals surface area contributed by atoms with Crippen molar-refractivity contribution in [3.05, 3.63) is 60.7 Å². The second-order valence-corrected chi connectivity index (χ2v) is 12.6. The zero-order valence-electron chi connectivity index (χ0n) is 16.6. The first-order chi connectivity index (χ1) is 12.9. The molecule has 1 aliphatic rings.